The molecular formula is C26H28F3N3O7S4. The first-order valence-electron chi connectivity index (χ1n) is 11.9. The molecule has 2 aromatic carbocycles. The molecule has 0 atom stereocenters. The number of anilines is 1. The number of alkyl halides is 3. The number of nitrogens with two attached hydrogens (primary N) is 1. The van der Waals surface area contributed by atoms with Gasteiger partial charge in [-0.15, -0.1) is 23.1 Å². The molecule has 0 aliphatic rings. The molecule has 234 valence electrons. The minimum absolute atomic E-state index is 0.0396. The van der Waals surface area contributed by atoms with Crippen LogP contribution in [0.4, 0.5) is 18.9 Å². The van der Waals surface area contributed by atoms with Crippen LogP contribution in [0.25, 0.3) is 11.1 Å². The smallest absolute Gasteiger partial charge is 0.446 e. The zero-order chi connectivity index (χ0) is 32.8. The largest absolute Gasteiger partial charge is 0.497 e. The number of benzene rings is 2. The number of carbonyl (C=O) groups is 2. The number of methoxy groups -OCH3 is 1. The number of sulfone groups is 2. The van der Waals surface area contributed by atoms with E-state index >= 15 is 0 Å². The third kappa shape index (κ3) is 10.1. The summed E-state index contributed by atoms with van der Waals surface area (Å²) in [6.07, 6.45) is -3.11. The van der Waals surface area contributed by atoms with E-state index in [-0.39, 0.29) is 27.8 Å². The van der Waals surface area contributed by atoms with Crippen molar-refractivity contribution >= 4 is 66.5 Å². The van der Waals surface area contributed by atoms with Gasteiger partial charge in [-0.3, -0.25) is 15.0 Å². The van der Waals surface area contributed by atoms with Crippen LogP contribution in [-0.2, 0) is 29.3 Å². The predicted molar refractivity (Wildman–Crippen MR) is 161 cm³/mol. The molecule has 0 fully saturated rings. The van der Waals surface area contributed by atoms with Crippen molar-refractivity contribution < 1.29 is 44.3 Å². The van der Waals surface area contributed by atoms with Gasteiger partial charge in [0.1, 0.15) is 21.4 Å². The maximum Gasteiger partial charge on any atom is 0.446 e. The summed E-state index contributed by atoms with van der Waals surface area (Å²) in [6, 6.07) is 11.1. The first kappa shape index (κ1) is 35.8. The van der Waals surface area contributed by atoms with Gasteiger partial charge in [-0.2, -0.15) is 13.2 Å². The summed E-state index contributed by atoms with van der Waals surface area (Å²) < 4.78 is 87.3. The number of nitrogens with one attached hydrogen (secondary N) is 2. The number of nitrogen functional groups attached to an aromatic ring is 1. The number of hydrogen-bond donors (Lipinski definition) is 3. The molecule has 0 unspecified atom stereocenters. The zero-order valence-corrected chi connectivity index (χ0v) is 26.5. The SMILES string of the molecule is COc1cc(C)c(-c2cccc(S(=O)(=O)c3cc(C(=N)N)sc3SC)c2)c(NC(=O)CCS(C)(=O)=O)c1.O=CC(F)(F)F. The van der Waals surface area contributed by atoms with Crippen LogP contribution < -0.4 is 15.8 Å². The molecule has 0 bridgehead atoms. The van der Waals surface area contributed by atoms with Gasteiger partial charge in [0.2, 0.25) is 22.0 Å². The number of aryl methyl sites for hydroxylation is 1. The van der Waals surface area contributed by atoms with E-state index in [0.29, 0.717) is 37.2 Å². The van der Waals surface area contributed by atoms with E-state index in [0.717, 1.165) is 17.6 Å². The molecule has 1 aromatic heterocycles. The summed E-state index contributed by atoms with van der Waals surface area (Å²) in [5.41, 5.74) is 7.77. The van der Waals surface area contributed by atoms with Crippen LogP contribution in [-0.4, -0.2) is 66.4 Å². The molecule has 43 heavy (non-hydrogen) atoms. The summed E-state index contributed by atoms with van der Waals surface area (Å²) in [6.45, 7) is 1.80. The fourth-order valence-electron chi connectivity index (χ4n) is 3.61. The maximum atomic E-state index is 13.6. The highest BCUT2D eigenvalue weighted by Crippen LogP contribution is 2.40. The number of thioether (sulfide) groups is 1. The Kier molecular flexibility index (Phi) is 12.0. The van der Waals surface area contributed by atoms with Crippen LogP contribution in [0.2, 0.25) is 0 Å². The Hall–Kier alpha value is -3.41. The van der Waals surface area contributed by atoms with Crippen molar-refractivity contribution in [2.75, 3.05) is 30.7 Å². The van der Waals surface area contributed by atoms with Gasteiger partial charge >= 0.3 is 6.18 Å². The molecule has 0 saturated heterocycles. The number of thiophene rings is 1. The topological polar surface area (TPSA) is 174 Å². The quantitative estimate of drug-likeness (QED) is 0.119. The van der Waals surface area contributed by atoms with E-state index in [1.54, 1.807) is 37.4 Å². The summed E-state index contributed by atoms with van der Waals surface area (Å²) in [4.78, 5) is 21.7. The lowest BCUT2D eigenvalue weighted by Crippen LogP contribution is -2.17. The molecule has 1 heterocycles. The number of carbonyl (C=O) groups excluding carboxylic acids is 2. The Labute approximate surface area is 255 Å². The van der Waals surface area contributed by atoms with Crippen LogP contribution in [0.15, 0.2) is 56.5 Å². The molecule has 0 aliphatic carbocycles. The second-order valence-corrected chi connectivity index (χ2v) is 15.2. The van der Waals surface area contributed by atoms with E-state index in [9.17, 15) is 34.8 Å². The molecule has 3 rings (SSSR count). The Balaban J connectivity index is 0.000000973. The van der Waals surface area contributed by atoms with Crippen LogP contribution >= 0.6 is 23.1 Å². The zero-order valence-electron chi connectivity index (χ0n) is 23.2. The van der Waals surface area contributed by atoms with Crippen molar-refractivity contribution in [2.24, 2.45) is 5.73 Å². The number of hydrogen-bond acceptors (Lipinski definition) is 10. The third-order valence-corrected chi connectivity index (χ3v) is 10.8. The van der Waals surface area contributed by atoms with Crippen LogP contribution in [0.1, 0.15) is 16.9 Å². The lowest BCUT2D eigenvalue weighted by Gasteiger charge is -2.17. The number of amidine groups is 1. The van der Waals surface area contributed by atoms with E-state index in [4.69, 9.17) is 20.7 Å². The second-order valence-electron chi connectivity index (χ2n) is 8.87. The minimum atomic E-state index is -4.64. The lowest BCUT2D eigenvalue weighted by atomic mass is 9.98. The highest BCUT2D eigenvalue weighted by molar-refractivity contribution is 8.01. The van der Waals surface area contributed by atoms with Gasteiger partial charge in [0.15, 0.2) is 0 Å². The Morgan fingerprint density at radius 1 is 1.16 bits per heavy atom. The van der Waals surface area contributed by atoms with Gasteiger partial charge in [0, 0.05) is 24.3 Å². The Morgan fingerprint density at radius 3 is 2.30 bits per heavy atom. The summed E-state index contributed by atoms with van der Waals surface area (Å²) >= 11 is 2.40. The molecule has 0 radical (unpaired) electrons. The number of aldehydes is 1. The number of halogens is 3. The second kappa shape index (κ2) is 14.4. The fourth-order valence-corrected chi connectivity index (χ4v) is 8.07. The lowest BCUT2D eigenvalue weighted by molar-refractivity contribution is -0.156. The minimum Gasteiger partial charge on any atom is -0.497 e. The predicted octanol–water partition coefficient (Wildman–Crippen LogP) is 4.69. The maximum absolute atomic E-state index is 13.6. The molecule has 4 N–H and O–H groups in total. The van der Waals surface area contributed by atoms with Crippen LogP contribution in [0.5, 0.6) is 5.75 Å². The van der Waals surface area contributed by atoms with Gasteiger partial charge in [-0.25, -0.2) is 16.8 Å². The third-order valence-electron chi connectivity index (χ3n) is 5.49. The van der Waals surface area contributed by atoms with Crippen molar-refractivity contribution in [3.05, 3.63) is 52.9 Å². The van der Waals surface area contributed by atoms with Crippen molar-refractivity contribution in [1.29, 1.82) is 5.41 Å². The standard InChI is InChI=1S/C24H27N3O6S4.C2HF3O/c1-14-10-16(33-2)12-18(27-21(28)8-9-36(4,29)30)22(14)15-6-5-7-17(11-15)37(31,32)20-13-19(23(25)26)35-24(20)34-3;3-2(4,5)1-6/h5-7,10-13H,8-9H2,1-4H3,(H3,25,26)(H,27,28);1H. The van der Waals surface area contributed by atoms with Gasteiger partial charge in [0.25, 0.3) is 0 Å². The summed E-state index contributed by atoms with van der Waals surface area (Å²) in [7, 11) is -5.80. The number of ether oxygens (including phenoxy) is 1. The van der Waals surface area contributed by atoms with E-state index in [1.807, 2.05) is 0 Å². The molecule has 17 heteroatoms. The number of rotatable bonds is 10. The van der Waals surface area contributed by atoms with Gasteiger partial charge < -0.3 is 15.8 Å². The monoisotopic (exact) mass is 679 g/mol. The van der Waals surface area contributed by atoms with Gasteiger partial charge in [-0.05, 0) is 48.6 Å². The van der Waals surface area contributed by atoms with E-state index in [1.165, 1.54) is 37.1 Å². The average Bonchev–Trinajstić information content (AvgIpc) is 3.37. The normalized spacial score (nSPS) is 11.7. The van der Waals surface area contributed by atoms with E-state index < -0.39 is 38.0 Å². The van der Waals surface area contributed by atoms with Crippen LogP contribution in [0, 0.1) is 12.3 Å². The Morgan fingerprint density at radius 2 is 1.79 bits per heavy atom. The average molecular weight is 680 g/mol. The van der Waals surface area contributed by atoms with Crippen LogP contribution in [0.3, 0.4) is 0 Å². The first-order valence-corrected chi connectivity index (χ1v) is 17.5. The molecule has 0 spiro atoms. The molecule has 3 aromatic rings. The molecular weight excluding hydrogens is 652 g/mol. The fraction of sp³-hybridized carbons (Fsp3) is 0.269. The highest BCUT2D eigenvalue weighted by atomic mass is 32.2. The van der Waals surface area contributed by atoms with Gasteiger partial charge in [-0.1, -0.05) is 12.1 Å². The van der Waals surface area contributed by atoms with Crippen molar-refractivity contribution in [1.82, 2.24) is 0 Å². The van der Waals surface area contributed by atoms with Crippen molar-refractivity contribution in [2.45, 2.75) is 33.5 Å². The summed E-state index contributed by atoms with van der Waals surface area (Å²) in [5, 5.41) is 10.4. The first-order chi connectivity index (χ1) is 19.8. The molecule has 1 amide bonds. The molecule has 0 saturated carbocycles. The van der Waals surface area contributed by atoms with Crippen molar-refractivity contribution in [3.63, 3.8) is 0 Å². The van der Waals surface area contributed by atoms with Crippen molar-refractivity contribution in [3.8, 4) is 16.9 Å². The summed E-state index contributed by atoms with van der Waals surface area (Å²) in [5.74, 6) is -0.530. The highest BCUT2D eigenvalue weighted by Gasteiger charge is 2.26. The van der Waals surface area contributed by atoms with E-state index in [2.05, 4.69) is 5.32 Å². The molecule has 10 nitrogen and oxygen atoms in total. The number of amides is 1. The van der Waals surface area contributed by atoms with Gasteiger partial charge in [0.05, 0.1) is 37.4 Å². The molecule has 0 aliphatic heterocycles. The Bertz CT molecular complexity index is 1740.